The average Bonchev–Trinajstić information content (AvgIpc) is 3.08. The molecule has 1 saturated heterocycles. The van der Waals surface area contributed by atoms with Gasteiger partial charge in [-0.15, -0.1) is 10.2 Å². The number of ether oxygens (including phenoxy) is 1. The van der Waals surface area contributed by atoms with Crippen molar-refractivity contribution in [1.82, 2.24) is 19.5 Å². The van der Waals surface area contributed by atoms with Crippen LogP contribution in [0.1, 0.15) is 41.0 Å². The molecule has 0 bridgehead atoms. The molecule has 0 unspecified atom stereocenters. The van der Waals surface area contributed by atoms with Crippen LogP contribution >= 0.6 is 11.3 Å². The molecule has 0 aromatic carbocycles. The number of piperidine rings is 1. The fourth-order valence-corrected chi connectivity index (χ4v) is 4.06. The van der Waals surface area contributed by atoms with E-state index < -0.39 is 0 Å². The lowest BCUT2D eigenvalue weighted by molar-refractivity contribution is -0.149. The summed E-state index contributed by atoms with van der Waals surface area (Å²) >= 11 is 1.37. The first kappa shape index (κ1) is 15.9. The van der Waals surface area contributed by atoms with Crippen molar-refractivity contribution in [2.24, 2.45) is 5.92 Å². The van der Waals surface area contributed by atoms with E-state index in [9.17, 15) is 9.59 Å². The maximum absolute atomic E-state index is 12.8. The molecule has 0 radical (unpaired) electrons. The molecule has 23 heavy (non-hydrogen) atoms. The van der Waals surface area contributed by atoms with Crippen LogP contribution < -0.4 is 0 Å². The molecule has 0 aliphatic carbocycles. The molecule has 7 nitrogen and oxygen atoms in total. The quantitative estimate of drug-likeness (QED) is 0.799. The standard InChI is InChI=1S/C15H20N4O3S/c1-4-22-14(21)11-5-7-18(8-6-11)13(20)12-9(2)19-10(3)16-17-15(19)23-12/h11H,4-8H2,1-3H3. The molecule has 3 heterocycles. The molecular weight excluding hydrogens is 316 g/mol. The average molecular weight is 336 g/mol. The van der Waals surface area contributed by atoms with Gasteiger partial charge in [-0.2, -0.15) is 0 Å². The van der Waals surface area contributed by atoms with Crippen LogP contribution in [0.3, 0.4) is 0 Å². The van der Waals surface area contributed by atoms with E-state index in [0.717, 1.165) is 16.5 Å². The Kier molecular flexibility index (Phi) is 4.34. The lowest BCUT2D eigenvalue weighted by Gasteiger charge is -2.30. The monoisotopic (exact) mass is 336 g/mol. The van der Waals surface area contributed by atoms with Crippen molar-refractivity contribution in [3.05, 3.63) is 16.4 Å². The molecule has 0 atom stereocenters. The fourth-order valence-electron chi connectivity index (χ4n) is 2.98. The van der Waals surface area contributed by atoms with Gasteiger partial charge in [-0.05, 0) is 33.6 Å². The van der Waals surface area contributed by atoms with Crippen molar-refractivity contribution >= 4 is 28.2 Å². The molecule has 1 aliphatic rings. The summed E-state index contributed by atoms with van der Waals surface area (Å²) in [5, 5.41) is 8.11. The van der Waals surface area contributed by atoms with Crippen molar-refractivity contribution < 1.29 is 14.3 Å². The Hall–Kier alpha value is -1.96. The van der Waals surface area contributed by atoms with E-state index in [2.05, 4.69) is 10.2 Å². The number of carbonyl (C=O) groups is 2. The Labute approximate surface area is 138 Å². The number of aromatic nitrogens is 3. The number of hydrogen-bond acceptors (Lipinski definition) is 6. The third kappa shape index (κ3) is 2.83. The fraction of sp³-hybridized carbons (Fsp3) is 0.600. The Bertz CT molecular complexity index is 743. The molecule has 8 heteroatoms. The van der Waals surface area contributed by atoms with Crippen molar-refractivity contribution in [2.75, 3.05) is 19.7 Å². The Morgan fingerprint density at radius 3 is 2.57 bits per heavy atom. The van der Waals surface area contributed by atoms with Crippen LogP contribution in [-0.4, -0.2) is 51.1 Å². The van der Waals surface area contributed by atoms with Crippen molar-refractivity contribution in [2.45, 2.75) is 33.6 Å². The lowest BCUT2D eigenvalue weighted by atomic mass is 9.97. The van der Waals surface area contributed by atoms with Gasteiger partial charge in [0.15, 0.2) is 0 Å². The molecule has 1 amide bonds. The second-order valence-electron chi connectivity index (χ2n) is 5.70. The smallest absolute Gasteiger partial charge is 0.309 e. The first-order valence-corrected chi connectivity index (χ1v) is 8.61. The minimum Gasteiger partial charge on any atom is -0.466 e. The minimum absolute atomic E-state index is 0.0136. The molecule has 2 aromatic heterocycles. The molecule has 1 fully saturated rings. The third-order valence-electron chi connectivity index (χ3n) is 4.25. The van der Waals surface area contributed by atoms with Crippen LogP contribution in [0.4, 0.5) is 0 Å². The zero-order valence-electron chi connectivity index (χ0n) is 13.5. The highest BCUT2D eigenvalue weighted by atomic mass is 32.1. The lowest BCUT2D eigenvalue weighted by Crippen LogP contribution is -2.40. The van der Waals surface area contributed by atoms with Gasteiger partial charge in [0, 0.05) is 18.8 Å². The molecule has 0 N–H and O–H groups in total. The van der Waals surface area contributed by atoms with Crippen molar-refractivity contribution in [3.63, 3.8) is 0 Å². The van der Waals surface area contributed by atoms with Gasteiger partial charge in [-0.25, -0.2) is 0 Å². The number of carbonyl (C=O) groups excluding carboxylic acids is 2. The van der Waals surface area contributed by atoms with Crippen LogP contribution in [0, 0.1) is 19.8 Å². The van der Waals surface area contributed by atoms with Crippen LogP contribution in [0.25, 0.3) is 4.96 Å². The van der Waals surface area contributed by atoms with Gasteiger partial charge in [0.2, 0.25) is 4.96 Å². The topological polar surface area (TPSA) is 76.8 Å². The van der Waals surface area contributed by atoms with E-state index >= 15 is 0 Å². The molecule has 1 aliphatic heterocycles. The summed E-state index contributed by atoms with van der Waals surface area (Å²) in [5.74, 6) is 0.563. The van der Waals surface area contributed by atoms with Gasteiger partial charge < -0.3 is 9.64 Å². The normalized spacial score (nSPS) is 16.0. The first-order chi connectivity index (χ1) is 11.0. The van der Waals surface area contributed by atoms with E-state index in [-0.39, 0.29) is 17.8 Å². The Balaban J connectivity index is 1.71. The number of likely N-dealkylation sites (tertiary alicyclic amines) is 1. The number of fused-ring (bicyclic) bond motifs is 1. The highest BCUT2D eigenvalue weighted by Crippen LogP contribution is 2.26. The summed E-state index contributed by atoms with van der Waals surface area (Å²) < 4.78 is 6.97. The number of nitrogens with zero attached hydrogens (tertiary/aromatic N) is 4. The number of rotatable bonds is 3. The SMILES string of the molecule is CCOC(=O)C1CCN(C(=O)c2sc3nnc(C)n3c2C)CC1. The number of thiazole rings is 1. The van der Waals surface area contributed by atoms with Crippen LogP contribution in [0.2, 0.25) is 0 Å². The summed E-state index contributed by atoms with van der Waals surface area (Å²) in [6.07, 6.45) is 1.32. The summed E-state index contributed by atoms with van der Waals surface area (Å²) in [6, 6.07) is 0. The van der Waals surface area contributed by atoms with Gasteiger partial charge >= 0.3 is 5.97 Å². The van der Waals surface area contributed by atoms with Gasteiger partial charge in [0.25, 0.3) is 5.91 Å². The highest BCUT2D eigenvalue weighted by molar-refractivity contribution is 7.19. The van der Waals surface area contributed by atoms with E-state index in [1.54, 1.807) is 0 Å². The molecule has 2 aromatic rings. The summed E-state index contributed by atoms with van der Waals surface area (Å²) in [7, 11) is 0. The van der Waals surface area contributed by atoms with Gasteiger partial charge in [0.1, 0.15) is 10.7 Å². The second-order valence-corrected chi connectivity index (χ2v) is 6.68. The largest absolute Gasteiger partial charge is 0.466 e. The second kappa shape index (κ2) is 6.27. The molecule has 0 spiro atoms. The van der Waals surface area contributed by atoms with Crippen LogP contribution in [-0.2, 0) is 9.53 Å². The summed E-state index contributed by atoms with van der Waals surface area (Å²) in [4.78, 5) is 27.8. The maximum Gasteiger partial charge on any atom is 0.309 e. The van der Waals surface area contributed by atoms with E-state index in [1.165, 1.54) is 11.3 Å². The van der Waals surface area contributed by atoms with Gasteiger partial charge in [0.05, 0.1) is 12.5 Å². The zero-order valence-corrected chi connectivity index (χ0v) is 14.4. The van der Waals surface area contributed by atoms with E-state index in [0.29, 0.717) is 37.4 Å². The molecular formula is C15H20N4O3S. The summed E-state index contributed by atoms with van der Waals surface area (Å²) in [5.41, 5.74) is 0.880. The Morgan fingerprint density at radius 1 is 1.26 bits per heavy atom. The van der Waals surface area contributed by atoms with Crippen molar-refractivity contribution in [1.29, 1.82) is 0 Å². The molecule has 0 saturated carbocycles. The highest BCUT2D eigenvalue weighted by Gasteiger charge is 2.30. The van der Waals surface area contributed by atoms with Crippen LogP contribution in [0.15, 0.2) is 0 Å². The molecule has 124 valence electrons. The number of hydrogen-bond donors (Lipinski definition) is 0. The Morgan fingerprint density at radius 2 is 1.96 bits per heavy atom. The van der Waals surface area contributed by atoms with E-state index in [4.69, 9.17) is 4.74 Å². The number of amides is 1. The maximum atomic E-state index is 12.8. The number of aryl methyl sites for hydroxylation is 2. The first-order valence-electron chi connectivity index (χ1n) is 7.80. The predicted molar refractivity (Wildman–Crippen MR) is 85.6 cm³/mol. The van der Waals surface area contributed by atoms with Gasteiger partial charge in [-0.3, -0.25) is 14.0 Å². The summed E-state index contributed by atoms with van der Waals surface area (Å²) in [6.45, 7) is 7.17. The van der Waals surface area contributed by atoms with Crippen molar-refractivity contribution in [3.8, 4) is 0 Å². The number of esters is 1. The predicted octanol–water partition coefficient (Wildman–Crippen LogP) is 1.82. The van der Waals surface area contributed by atoms with E-state index in [1.807, 2.05) is 30.1 Å². The third-order valence-corrected chi connectivity index (χ3v) is 5.37. The minimum atomic E-state index is -0.146. The zero-order chi connectivity index (χ0) is 16.6. The van der Waals surface area contributed by atoms with Gasteiger partial charge in [-0.1, -0.05) is 11.3 Å². The van der Waals surface area contributed by atoms with Crippen LogP contribution in [0.5, 0.6) is 0 Å². The molecule has 3 rings (SSSR count).